The lowest BCUT2D eigenvalue weighted by Gasteiger charge is -2.42. The molecule has 2 aliphatic heterocycles. The van der Waals surface area contributed by atoms with E-state index in [1.165, 1.54) is 31.7 Å². The third kappa shape index (κ3) is 3.85. The predicted molar refractivity (Wildman–Crippen MR) is 102 cm³/mol. The van der Waals surface area contributed by atoms with E-state index >= 15 is 0 Å². The van der Waals surface area contributed by atoms with Crippen LogP contribution in [0.25, 0.3) is 0 Å². The zero-order chi connectivity index (χ0) is 19.5. The van der Waals surface area contributed by atoms with E-state index < -0.39 is 5.56 Å². The van der Waals surface area contributed by atoms with Gasteiger partial charge in [0.15, 0.2) is 5.69 Å². The minimum Gasteiger partial charge on any atom is -0.373 e. The van der Waals surface area contributed by atoms with Crippen molar-refractivity contribution >= 4 is 5.91 Å². The lowest BCUT2D eigenvalue weighted by Crippen LogP contribution is -2.53. The third-order valence-corrected chi connectivity index (χ3v) is 5.48. The number of ether oxygens (including phenoxy) is 1. The summed E-state index contributed by atoms with van der Waals surface area (Å²) in [6.07, 6.45) is 10.0. The molecular weight excluding hydrogens is 360 g/mol. The number of morpholine rings is 1. The Morgan fingerprint density at radius 3 is 2.82 bits per heavy atom. The summed E-state index contributed by atoms with van der Waals surface area (Å²) >= 11 is 0. The van der Waals surface area contributed by atoms with Gasteiger partial charge in [-0.15, -0.1) is 0 Å². The molecule has 9 nitrogen and oxygen atoms in total. The molecule has 1 amide bonds. The number of hydrogen-bond acceptors (Lipinski definition) is 6. The number of hydrogen-bond donors (Lipinski definition) is 1. The highest BCUT2D eigenvalue weighted by molar-refractivity contribution is 5.92. The van der Waals surface area contributed by atoms with Crippen LogP contribution in [-0.2, 0) is 11.8 Å². The van der Waals surface area contributed by atoms with Gasteiger partial charge < -0.3 is 19.5 Å². The van der Waals surface area contributed by atoms with Crippen LogP contribution in [0.2, 0.25) is 0 Å². The zero-order valence-electron chi connectivity index (χ0n) is 16.1. The van der Waals surface area contributed by atoms with E-state index in [4.69, 9.17) is 4.74 Å². The first-order valence-corrected chi connectivity index (χ1v) is 9.80. The summed E-state index contributed by atoms with van der Waals surface area (Å²) in [4.78, 5) is 36.0. The second-order valence-corrected chi connectivity index (χ2v) is 7.43. The van der Waals surface area contributed by atoms with Gasteiger partial charge in [0.05, 0.1) is 24.9 Å². The standard InChI is InChI=1S/C19H26N6O3/c1-23-12-14(11-22-23)17-15(13-24-7-3-2-4-8-24)28-10-9-25(17)19(27)16-18(26)21-6-5-20-16/h5-6,11-12,15,17H,2-4,7-10,13H2,1H3,(H,21,26)/t15-,17-/m0/s1. The Kier molecular flexibility index (Phi) is 5.54. The van der Waals surface area contributed by atoms with Crippen molar-refractivity contribution in [3.05, 3.63) is 46.4 Å². The number of H-pyrrole nitrogens is 1. The topological polar surface area (TPSA) is 96.4 Å². The summed E-state index contributed by atoms with van der Waals surface area (Å²) in [6.45, 7) is 3.69. The molecule has 2 atom stereocenters. The number of rotatable bonds is 4. The van der Waals surface area contributed by atoms with Crippen molar-refractivity contribution in [1.29, 1.82) is 0 Å². The lowest BCUT2D eigenvalue weighted by molar-refractivity contribution is -0.0743. The molecule has 2 aliphatic rings. The van der Waals surface area contributed by atoms with Crippen LogP contribution >= 0.6 is 0 Å². The van der Waals surface area contributed by atoms with Crippen molar-refractivity contribution in [2.75, 3.05) is 32.8 Å². The molecule has 0 radical (unpaired) electrons. The summed E-state index contributed by atoms with van der Waals surface area (Å²) < 4.78 is 7.84. The predicted octanol–water partition coefficient (Wildman–Crippen LogP) is 0.572. The van der Waals surface area contributed by atoms with Crippen LogP contribution in [-0.4, -0.2) is 74.3 Å². The second kappa shape index (κ2) is 8.24. The molecule has 2 saturated heterocycles. The Hall–Kier alpha value is -2.52. The minimum atomic E-state index is -0.475. The summed E-state index contributed by atoms with van der Waals surface area (Å²) in [6, 6.07) is -0.307. The SMILES string of the molecule is Cn1cc([C@H]2[C@H](CN3CCCCC3)OCCN2C(=O)c2ncc[nH]c2=O)cn1. The van der Waals surface area contributed by atoms with Crippen molar-refractivity contribution in [1.82, 2.24) is 29.5 Å². The summed E-state index contributed by atoms with van der Waals surface area (Å²) in [5.41, 5.74) is 0.344. The molecule has 4 rings (SSSR count). The maximum Gasteiger partial charge on any atom is 0.279 e. The Morgan fingerprint density at radius 2 is 2.11 bits per heavy atom. The van der Waals surface area contributed by atoms with Gasteiger partial charge >= 0.3 is 0 Å². The van der Waals surface area contributed by atoms with Crippen LogP contribution in [0.5, 0.6) is 0 Å². The van der Waals surface area contributed by atoms with E-state index in [0.29, 0.717) is 13.2 Å². The van der Waals surface area contributed by atoms with Crippen molar-refractivity contribution in [2.45, 2.75) is 31.4 Å². The molecule has 2 aromatic rings. The Balaban J connectivity index is 1.64. The fourth-order valence-corrected chi connectivity index (χ4v) is 4.14. The Bertz CT molecular complexity index is 872. The number of nitrogens with zero attached hydrogens (tertiary/aromatic N) is 5. The van der Waals surface area contributed by atoms with Gasteiger partial charge in [0.2, 0.25) is 0 Å². The molecule has 0 saturated carbocycles. The van der Waals surface area contributed by atoms with Gasteiger partial charge in [0.1, 0.15) is 0 Å². The molecule has 1 N–H and O–H groups in total. The summed E-state index contributed by atoms with van der Waals surface area (Å²) in [7, 11) is 1.85. The fraction of sp³-hybridized carbons (Fsp3) is 0.579. The number of aromatic nitrogens is 4. The van der Waals surface area contributed by atoms with Gasteiger partial charge in [-0.25, -0.2) is 4.98 Å². The van der Waals surface area contributed by atoms with Gasteiger partial charge in [-0.3, -0.25) is 14.3 Å². The molecule has 0 aromatic carbocycles. The largest absolute Gasteiger partial charge is 0.373 e. The molecular formula is C19H26N6O3. The summed E-state index contributed by atoms with van der Waals surface area (Å²) in [5, 5.41) is 4.28. The van der Waals surface area contributed by atoms with E-state index in [9.17, 15) is 9.59 Å². The van der Waals surface area contributed by atoms with Crippen LogP contribution < -0.4 is 5.56 Å². The maximum absolute atomic E-state index is 13.2. The molecule has 2 fully saturated rings. The van der Waals surface area contributed by atoms with Crippen molar-refractivity contribution in [3.63, 3.8) is 0 Å². The molecule has 0 spiro atoms. The first kappa shape index (κ1) is 18.8. The van der Waals surface area contributed by atoms with Crippen molar-refractivity contribution in [2.24, 2.45) is 7.05 Å². The van der Waals surface area contributed by atoms with Crippen LogP contribution in [0.1, 0.15) is 41.4 Å². The second-order valence-electron chi connectivity index (χ2n) is 7.43. The zero-order valence-corrected chi connectivity index (χ0v) is 16.1. The number of aryl methyl sites for hydroxylation is 1. The van der Waals surface area contributed by atoms with Gasteiger partial charge in [-0.05, 0) is 25.9 Å². The molecule has 2 aromatic heterocycles. The fourth-order valence-electron chi connectivity index (χ4n) is 4.14. The van der Waals surface area contributed by atoms with E-state index in [2.05, 4.69) is 20.0 Å². The number of carbonyl (C=O) groups excluding carboxylic acids is 1. The van der Waals surface area contributed by atoms with Crippen LogP contribution in [0.3, 0.4) is 0 Å². The monoisotopic (exact) mass is 386 g/mol. The lowest BCUT2D eigenvalue weighted by atomic mass is 9.99. The first-order chi connectivity index (χ1) is 13.6. The quantitative estimate of drug-likeness (QED) is 0.825. The summed E-state index contributed by atoms with van der Waals surface area (Å²) in [5.74, 6) is -0.373. The van der Waals surface area contributed by atoms with Crippen molar-refractivity contribution < 1.29 is 9.53 Å². The molecule has 150 valence electrons. The van der Waals surface area contributed by atoms with Gasteiger partial charge in [0, 0.05) is 44.3 Å². The normalized spacial score (nSPS) is 23.7. The number of amides is 1. The Labute approximate surface area is 163 Å². The highest BCUT2D eigenvalue weighted by Gasteiger charge is 2.39. The van der Waals surface area contributed by atoms with Gasteiger partial charge in [-0.1, -0.05) is 6.42 Å². The van der Waals surface area contributed by atoms with E-state index in [1.54, 1.807) is 15.8 Å². The number of piperidine rings is 1. The van der Waals surface area contributed by atoms with Crippen LogP contribution in [0, 0.1) is 0 Å². The van der Waals surface area contributed by atoms with Crippen LogP contribution in [0.4, 0.5) is 0 Å². The van der Waals surface area contributed by atoms with Crippen LogP contribution in [0.15, 0.2) is 29.6 Å². The highest BCUT2D eigenvalue weighted by atomic mass is 16.5. The van der Waals surface area contributed by atoms with Gasteiger partial charge in [0.25, 0.3) is 11.5 Å². The molecule has 9 heteroatoms. The van der Waals surface area contributed by atoms with E-state index in [1.807, 2.05) is 13.2 Å². The molecule has 4 heterocycles. The number of carbonyl (C=O) groups is 1. The average Bonchev–Trinajstić information content (AvgIpc) is 3.14. The van der Waals surface area contributed by atoms with Gasteiger partial charge in [-0.2, -0.15) is 5.10 Å². The Morgan fingerprint density at radius 1 is 1.29 bits per heavy atom. The molecule has 0 aliphatic carbocycles. The third-order valence-electron chi connectivity index (χ3n) is 5.48. The molecule has 0 unspecified atom stereocenters. The average molecular weight is 386 g/mol. The van der Waals surface area contributed by atoms with E-state index in [-0.39, 0.29) is 23.7 Å². The number of likely N-dealkylation sites (tertiary alicyclic amines) is 1. The highest BCUT2D eigenvalue weighted by Crippen LogP contribution is 2.31. The van der Waals surface area contributed by atoms with E-state index in [0.717, 1.165) is 25.2 Å². The smallest absolute Gasteiger partial charge is 0.279 e. The first-order valence-electron chi connectivity index (χ1n) is 9.80. The number of nitrogens with one attached hydrogen (secondary N) is 1. The van der Waals surface area contributed by atoms with Crippen molar-refractivity contribution in [3.8, 4) is 0 Å². The number of aromatic amines is 1. The molecule has 28 heavy (non-hydrogen) atoms. The molecule has 0 bridgehead atoms. The minimum absolute atomic E-state index is 0.0880. The maximum atomic E-state index is 13.2.